The maximum atomic E-state index is 6.31. The van der Waals surface area contributed by atoms with Crippen molar-refractivity contribution < 1.29 is 9.47 Å². The van der Waals surface area contributed by atoms with Crippen LogP contribution in [0.5, 0.6) is 0 Å². The van der Waals surface area contributed by atoms with Crippen LogP contribution in [0.15, 0.2) is 36.7 Å². The summed E-state index contributed by atoms with van der Waals surface area (Å²) in [5.41, 5.74) is 1.06. The van der Waals surface area contributed by atoms with Crippen LogP contribution in [0.2, 0.25) is 0 Å². The highest BCUT2D eigenvalue weighted by atomic mass is 32.1. The van der Waals surface area contributed by atoms with E-state index in [-0.39, 0.29) is 5.60 Å². The molecule has 0 aliphatic carbocycles. The summed E-state index contributed by atoms with van der Waals surface area (Å²) in [5.74, 6) is 0. The van der Waals surface area contributed by atoms with Gasteiger partial charge in [-0.2, -0.15) is 0 Å². The summed E-state index contributed by atoms with van der Waals surface area (Å²) in [6.07, 6.45) is 3.72. The summed E-state index contributed by atoms with van der Waals surface area (Å²) in [5, 5.41) is 0. The lowest BCUT2D eigenvalue weighted by atomic mass is 10.0. The molecule has 0 bridgehead atoms. The number of rotatable bonds is 4. The molecule has 0 aromatic carbocycles. The number of aryl methyl sites for hydroxylation is 1. The van der Waals surface area contributed by atoms with E-state index in [9.17, 15) is 0 Å². The molecule has 4 rings (SSSR count). The summed E-state index contributed by atoms with van der Waals surface area (Å²) in [4.78, 5) is 11.9. The van der Waals surface area contributed by atoms with Crippen molar-refractivity contribution in [3.8, 4) is 0 Å². The van der Waals surface area contributed by atoms with Crippen molar-refractivity contribution in [1.29, 1.82) is 0 Å². The Balaban J connectivity index is 1.43. The van der Waals surface area contributed by atoms with Crippen LogP contribution in [0.3, 0.4) is 0 Å². The number of thiophene rings is 1. The molecule has 26 heavy (non-hydrogen) atoms. The highest BCUT2D eigenvalue weighted by molar-refractivity contribution is 7.11. The fraction of sp³-hybridized carbons (Fsp3) is 0.550. The molecule has 0 saturated carbocycles. The van der Waals surface area contributed by atoms with Crippen molar-refractivity contribution in [2.24, 2.45) is 0 Å². The Kier molecular flexibility index (Phi) is 5.66. The van der Waals surface area contributed by atoms with Crippen molar-refractivity contribution in [3.63, 3.8) is 0 Å². The Bertz CT molecular complexity index is 708. The van der Waals surface area contributed by atoms with E-state index in [0.717, 1.165) is 52.5 Å². The first-order chi connectivity index (χ1) is 12.7. The molecular weight excluding hydrogens is 346 g/mol. The van der Waals surface area contributed by atoms with Gasteiger partial charge < -0.3 is 9.47 Å². The first kappa shape index (κ1) is 18.1. The predicted octanol–water partition coefficient (Wildman–Crippen LogP) is 2.55. The average Bonchev–Trinajstić information content (AvgIpc) is 2.94. The molecule has 1 atom stereocenters. The normalized spacial score (nSPS) is 25.4. The molecule has 0 radical (unpaired) electrons. The van der Waals surface area contributed by atoms with Crippen LogP contribution in [0, 0.1) is 6.92 Å². The van der Waals surface area contributed by atoms with E-state index in [2.05, 4.69) is 46.0 Å². The van der Waals surface area contributed by atoms with Gasteiger partial charge in [0.2, 0.25) is 0 Å². The fourth-order valence-electron chi connectivity index (χ4n) is 3.90. The Morgan fingerprint density at radius 3 is 2.58 bits per heavy atom. The lowest BCUT2D eigenvalue weighted by Gasteiger charge is -2.43. The van der Waals surface area contributed by atoms with Gasteiger partial charge in [-0.25, -0.2) is 0 Å². The van der Waals surface area contributed by atoms with Gasteiger partial charge in [-0.1, -0.05) is 0 Å². The summed E-state index contributed by atoms with van der Waals surface area (Å²) >= 11 is 1.89. The van der Waals surface area contributed by atoms with E-state index in [1.165, 1.54) is 15.3 Å². The van der Waals surface area contributed by atoms with Gasteiger partial charge in [0.15, 0.2) is 0 Å². The van der Waals surface area contributed by atoms with E-state index in [1.54, 1.807) is 0 Å². The number of nitrogens with zero attached hydrogens (tertiary/aromatic N) is 3. The molecule has 2 saturated heterocycles. The second-order valence-corrected chi connectivity index (χ2v) is 8.75. The molecule has 140 valence electrons. The molecule has 4 heterocycles. The van der Waals surface area contributed by atoms with Crippen molar-refractivity contribution in [2.75, 3.05) is 46.0 Å². The number of ether oxygens (including phenoxy) is 2. The number of aromatic nitrogens is 1. The third-order valence-electron chi connectivity index (χ3n) is 5.09. The maximum Gasteiger partial charge on any atom is 0.117 e. The second-order valence-electron chi connectivity index (χ2n) is 7.37. The van der Waals surface area contributed by atoms with Crippen LogP contribution >= 0.6 is 11.3 Å². The predicted molar refractivity (Wildman–Crippen MR) is 103 cm³/mol. The van der Waals surface area contributed by atoms with Crippen molar-refractivity contribution in [2.45, 2.75) is 25.6 Å². The van der Waals surface area contributed by atoms with E-state index >= 15 is 0 Å². The highest BCUT2D eigenvalue weighted by Crippen LogP contribution is 2.26. The lowest BCUT2D eigenvalue weighted by Crippen LogP contribution is -2.58. The summed E-state index contributed by atoms with van der Waals surface area (Å²) in [7, 11) is 0. The van der Waals surface area contributed by atoms with Crippen LogP contribution in [0.1, 0.15) is 15.3 Å². The average molecular weight is 374 g/mol. The smallest absolute Gasteiger partial charge is 0.117 e. The minimum Gasteiger partial charge on any atom is -0.377 e. The van der Waals surface area contributed by atoms with Crippen LogP contribution in [0.25, 0.3) is 0 Å². The lowest BCUT2D eigenvalue weighted by molar-refractivity contribution is -0.143. The Labute approximate surface area is 159 Å². The fourth-order valence-corrected chi connectivity index (χ4v) is 4.83. The molecule has 6 heteroatoms. The topological polar surface area (TPSA) is 37.8 Å². The number of hydrogen-bond acceptors (Lipinski definition) is 6. The van der Waals surface area contributed by atoms with Crippen LogP contribution in [0.4, 0.5) is 0 Å². The monoisotopic (exact) mass is 373 g/mol. The molecule has 2 aromatic rings. The third kappa shape index (κ3) is 4.50. The third-order valence-corrected chi connectivity index (χ3v) is 6.07. The molecule has 1 spiro atoms. The maximum absolute atomic E-state index is 6.31. The Hall–Kier alpha value is -1.31. The van der Waals surface area contributed by atoms with Gasteiger partial charge in [0, 0.05) is 61.4 Å². The van der Waals surface area contributed by atoms with Gasteiger partial charge in [0.1, 0.15) is 5.60 Å². The van der Waals surface area contributed by atoms with Crippen molar-refractivity contribution in [1.82, 2.24) is 14.8 Å². The van der Waals surface area contributed by atoms with Crippen molar-refractivity contribution >= 4 is 11.3 Å². The van der Waals surface area contributed by atoms with Crippen LogP contribution in [-0.4, -0.2) is 66.4 Å². The van der Waals surface area contributed by atoms with Crippen LogP contribution in [-0.2, 0) is 22.6 Å². The first-order valence-corrected chi connectivity index (χ1v) is 10.1. The zero-order valence-electron chi connectivity index (χ0n) is 15.4. The van der Waals surface area contributed by atoms with E-state index in [1.807, 2.05) is 23.7 Å². The molecular formula is C20H27N3O2S. The number of morpholine rings is 1. The quantitative estimate of drug-likeness (QED) is 0.823. The highest BCUT2D eigenvalue weighted by Gasteiger charge is 2.40. The van der Waals surface area contributed by atoms with E-state index < -0.39 is 0 Å². The molecule has 2 fully saturated rings. The minimum atomic E-state index is -0.228. The minimum absolute atomic E-state index is 0.228. The summed E-state index contributed by atoms with van der Waals surface area (Å²) < 4.78 is 12.3. The van der Waals surface area contributed by atoms with Crippen LogP contribution < -0.4 is 0 Å². The zero-order valence-corrected chi connectivity index (χ0v) is 16.2. The van der Waals surface area contributed by atoms with E-state index in [0.29, 0.717) is 6.61 Å². The standard InChI is InChI=1S/C20H27N3O2S/c1-17-2-3-19(26-17)13-23-9-11-25-20(15-23)14-22(8-10-24-16-20)12-18-4-6-21-7-5-18/h2-7H,8-16H2,1H3. The summed E-state index contributed by atoms with van der Waals surface area (Å²) in [6.45, 7) is 10.1. The van der Waals surface area contributed by atoms with Gasteiger partial charge in [0.05, 0.1) is 19.8 Å². The number of hydrogen-bond donors (Lipinski definition) is 0. The SMILES string of the molecule is Cc1ccc(CN2CCOC3(COCCN(Cc4ccncc4)C3)C2)s1. The molecule has 1 unspecified atom stereocenters. The van der Waals surface area contributed by atoms with Crippen molar-refractivity contribution in [3.05, 3.63) is 52.0 Å². The number of pyridine rings is 1. The van der Waals surface area contributed by atoms with Gasteiger partial charge in [-0.3, -0.25) is 14.8 Å². The van der Waals surface area contributed by atoms with E-state index in [4.69, 9.17) is 9.47 Å². The molecule has 0 amide bonds. The zero-order chi connectivity index (χ0) is 17.8. The Morgan fingerprint density at radius 1 is 1.04 bits per heavy atom. The summed E-state index contributed by atoms with van der Waals surface area (Å²) in [6, 6.07) is 8.64. The molecule has 0 N–H and O–H groups in total. The molecule has 2 aliphatic rings. The Morgan fingerprint density at radius 2 is 1.81 bits per heavy atom. The van der Waals surface area contributed by atoms with Gasteiger partial charge in [-0.15, -0.1) is 11.3 Å². The van der Waals surface area contributed by atoms with Gasteiger partial charge in [-0.05, 0) is 36.8 Å². The molecule has 5 nitrogen and oxygen atoms in total. The van der Waals surface area contributed by atoms with Gasteiger partial charge >= 0.3 is 0 Å². The molecule has 2 aromatic heterocycles. The molecule has 2 aliphatic heterocycles. The first-order valence-electron chi connectivity index (χ1n) is 9.31. The largest absolute Gasteiger partial charge is 0.377 e. The second kappa shape index (κ2) is 8.15. The van der Waals surface area contributed by atoms with Gasteiger partial charge in [0.25, 0.3) is 0 Å².